The van der Waals surface area contributed by atoms with Crippen molar-refractivity contribution in [1.82, 2.24) is 10.3 Å². The molecule has 6 nitrogen and oxygen atoms in total. The molecule has 1 heterocycles. The van der Waals surface area contributed by atoms with E-state index in [1.165, 1.54) is 4.88 Å². The Hall–Kier alpha value is -1.55. The van der Waals surface area contributed by atoms with E-state index in [9.17, 15) is 0 Å². The number of halogens is 1. The Labute approximate surface area is 176 Å². The fourth-order valence-electron chi connectivity index (χ4n) is 2.35. The van der Waals surface area contributed by atoms with Crippen LogP contribution in [0.3, 0.4) is 0 Å². The third kappa shape index (κ3) is 6.64. The predicted molar refractivity (Wildman–Crippen MR) is 118 cm³/mol. The molecule has 0 aliphatic carbocycles. The van der Waals surface area contributed by atoms with Gasteiger partial charge in [-0.3, -0.25) is 4.99 Å². The smallest absolute Gasteiger partial charge is 0.188 e. The average Bonchev–Trinajstić information content (AvgIpc) is 2.92. The number of thiazole rings is 1. The third-order valence-corrected chi connectivity index (χ3v) is 4.98. The number of aliphatic imine (C=N–C) groups is 1. The summed E-state index contributed by atoms with van der Waals surface area (Å²) in [5.41, 5.74) is 8.16. The SMILES string of the molecule is COc1ccc(CCNC(N)=NCCc2nc(C)c(C)s2)cc1OC.I. The van der Waals surface area contributed by atoms with E-state index in [4.69, 9.17) is 15.2 Å². The highest BCUT2D eigenvalue weighted by molar-refractivity contribution is 14.0. The van der Waals surface area contributed by atoms with Crippen LogP contribution >= 0.6 is 35.3 Å². The Balaban J connectivity index is 0.00000338. The molecule has 0 bridgehead atoms. The minimum atomic E-state index is 0. The Morgan fingerprint density at radius 1 is 1.19 bits per heavy atom. The van der Waals surface area contributed by atoms with Crippen molar-refractivity contribution in [2.75, 3.05) is 27.3 Å². The van der Waals surface area contributed by atoms with E-state index >= 15 is 0 Å². The van der Waals surface area contributed by atoms with Gasteiger partial charge >= 0.3 is 0 Å². The van der Waals surface area contributed by atoms with Crippen LogP contribution < -0.4 is 20.5 Å². The second-order valence-electron chi connectivity index (χ2n) is 5.63. The van der Waals surface area contributed by atoms with Crippen molar-refractivity contribution < 1.29 is 9.47 Å². The number of hydrogen-bond donors (Lipinski definition) is 2. The molecular weight excluding hydrogens is 463 g/mol. The van der Waals surface area contributed by atoms with Gasteiger partial charge in [-0.25, -0.2) is 4.98 Å². The molecule has 2 aromatic rings. The number of rotatable bonds is 8. The molecule has 3 N–H and O–H groups in total. The maximum absolute atomic E-state index is 5.92. The van der Waals surface area contributed by atoms with E-state index in [-0.39, 0.29) is 24.0 Å². The summed E-state index contributed by atoms with van der Waals surface area (Å²) >= 11 is 1.72. The van der Waals surface area contributed by atoms with Crippen LogP contribution in [0, 0.1) is 13.8 Å². The second kappa shape index (κ2) is 11.2. The molecule has 0 aliphatic rings. The Morgan fingerprint density at radius 3 is 2.54 bits per heavy atom. The van der Waals surface area contributed by atoms with E-state index in [1.807, 2.05) is 25.1 Å². The summed E-state index contributed by atoms with van der Waals surface area (Å²) in [7, 11) is 3.26. The van der Waals surface area contributed by atoms with Gasteiger partial charge in [0.1, 0.15) is 0 Å². The first-order valence-corrected chi connectivity index (χ1v) is 9.02. The minimum absolute atomic E-state index is 0. The number of nitrogens with one attached hydrogen (secondary N) is 1. The van der Waals surface area contributed by atoms with Gasteiger partial charge in [-0.1, -0.05) is 6.07 Å². The Morgan fingerprint density at radius 2 is 1.92 bits per heavy atom. The standard InChI is InChI=1S/C18H26N4O2S.HI/c1-12-13(2)25-17(22-12)8-10-21-18(19)20-9-7-14-5-6-15(23-3)16(11-14)24-4;/h5-6,11H,7-10H2,1-4H3,(H3,19,20,21);1H. The van der Waals surface area contributed by atoms with Crippen LogP contribution in [0.4, 0.5) is 0 Å². The number of aromatic nitrogens is 1. The summed E-state index contributed by atoms with van der Waals surface area (Å²) in [5, 5.41) is 4.25. The van der Waals surface area contributed by atoms with Gasteiger partial charge in [-0.2, -0.15) is 0 Å². The van der Waals surface area contributed by atoms with Crippen LogP contribution in [-0.2, 0) is 12.8 Å². The van der Waals surface area contributed by atoms with E-state index in [1.54, 1.807) is 25.6 Å². The van der Waals surface area contributed by atoms with Gasteiger partial charge < -0.3 is 20.5 Å². The molecule has 1 aromatic heterocycles. The Kier molecular flexibility index (Phi) is 9.71. The van der Waals surface area contributed by atoms with Crippen molar-refractivity contribution in [1.29, 1.82) is 0 Å². The quantitative estimate of drug-likeness (QED) is 0.338. The van der Waals surface area contributed by atoms with Gasteiger partial charge in [0, 0.05) is 24.4 Å². The summed E-state index contributed by atoms with van der Waals surface area (Å²) < 4.78 is 10.6. The largest absolute Gasteiger partial charge is 0.493 e. The lowest BCUT2D eigenvalue weighted by atomic mass is 10.1. The molecule has 144 valence electrons. The zero-order valence-electron chi connectivity index (χ0n) is 15.7. The number of ether oxygens (including phenoxy) is 2. The monoisotopic (exact) mass is 490 g/mol. The van der Waals surface area contributed by atoms with Gasteiger partial charge in [0.05, 0.1) is 24.9 Å². The molecule has 0 saturated carbocycles. The summed E-state index contributed by atoms with van der Waals surface area (Å²) in [4.78, 5) is 10.1. The molecule has 0 radical (unpaired) electrons. The highest BCUT2D eigenvalue weighted by Gasteiger charge is 2.05. The zero-order valence-corrected chi connectivity index (χ0v) is 18.8. The van der Waals surface area contributed by atoms with Gasteiger partial charge in [-0.15, -0.1) is 35.3 Å². The molecule has 8 heteroatoms. The number of guanidine groups is 1. The maximum atomic E-state index is 5.92. The van der Waals surface area contributed by atoms with Crippen molar-refractivity contribution in [3.63, 3.8) is 0 Å². The highest BCUT2D eigenvalue weighted by Crippen LogP contribution is 2.27. The number of benzene rings is 1. The first kappa shape index (κ1) is 22.5. The summed E-state index contributed by atoms with van der Waals surface area (Å²) in [6, 6.07) is 5.90. The van der Waals surface area contributed by atoms with Gasteiger partial charge in [-0.05, 0) is 38.0 Å². The number of methoxy groups -OCH3 is 2. The molecule has 2 rings (SSSR count). The number of aryl methyl sites for hydroxylation is 2. The number of hydrogen-bond acceptors (Lipinski definition) is 5. The predicted octanol–water partition coefficient (Wildman–Crippen LogP) is 3.08. The second-order valence-corrected chi connectivity index (χ2v) is 6.92. The van der Waals surface area contributed by atoms with Crippen molar-refractivity contribution in [3.8, 4) is 11.5 Å². The average molecular weight is 490 g/mol. The first-order valence-electron chi connectivity index (χ1n) is 8.21. The van der Waals surface area contributed by atoms with Crippen LogP contribution in [0.1, 0.15) is 21.1 Å². The van der Waals surface area contributed by atoms with Crippen LogP contribution in [0.2, 0.25) is 0 Å². The lowest BCUT2D eigenvalue weighted by molar-refractivity contribution is 0.354. The fourth-order valence-corrected chi connectivity index (χ4v) is 3.27. The molecule has 26 heavy (non-hydrogen) atoms. The lowest BCUT2D eigenvalue weighted by Crippen LogP contribution is -2.33. The van der Waals surface area contributed by atoms with Gasteiger partial charge in [0.2, 0.25) is 0 Å². The third-order valence-electron chi connectivity index (χ3n) is 3.85. The summed E-state index contributed by atoms with van der Waals surface area (Å²) in [5.74, 6) is 1.93. The molecule has 0 unspecified atom stereocenters. The van der Waals surface area contributed by atoms with Crippen LogP contribution in [0.5, 0.6) is 11.5 Å². The highest BCUT2D eigenvalue weighted by atomic mass is 127. The Bertz CT molecular complexity index is 714. The lowest BCUT2D eigenvalue weighted by Gasteiger charge is -2.10. The van der Waals surface area contributed by atoms with E-state index in [0.29, 0.717) is 19.0 Å². The first-order chi connectivity index (χ1) is 12.0. The molecule has 0 aliphatic heterocycles. The summed E-state index contributed by atoms with van der Waals surface area (Å²) in [6.45, 7) is 5.47. The zero-order chi connectivity index (χ0) is 18.2. The molecule has 1 aromatic carbocycles. The van der Waals surface area contributed by atoms with Crippen molar-refractivity contribution in [2.45, 2.75) is 26.7 Å². The van der Waals surface area contributed by atoms with Crippen LogP contribution in [-0.4, -0.2) is 38.3 Å². The summed E-state index contributed by atoms with van der Waals surface area (Å²) in [6.07, 6.45) is 1.64. The normalized spacial score (nSPS) is 11.0. The fraction of sp³-hybridized carbons (Fsp3) is 0.444. The van der Waals surface area contributed by atoms with Crippen LogP contribution in [0.25, 0.3) is 0 Å². The molecule has 0 spiro atoms. The maximum Gasteiger partial charge on any atom is 0.188 e. The van der Waals surface area contributed by atoms with Crippen molar-refractivity contribution >= 4 is 41.3 Å². The van der Waals surface area contributed by atoms with E-state index in [2.05, 4.69) is 22.2 Å². The number of nitrogens with zero attached hydrogens (tertiary/aromatic N) is 2. The molecule has 0 saturated heterocycles. The van der Waals surface area contributed by atoms with E-state index in [0.717, 1.165) is 40.6 Å². The van der Waals surface area contributed by atoms with E-state index < -0.39 is 0 Å². The van der Waals surface area contributed by atoms with Crippen molar-refractivity contribution in [3.05, 3.63) is 39.3 Å². The number of nitrogens with two attached hydrogens (primary N) is 1. The van der Waals surface area contributed by atoms with Crippen LogP contribution in [0.15, 0.2) is 23.2 Å². The molecule has 0 fully saturated rings. The molecule has 0 amide bonds. The molecular formula is C18H27IN4O2S. The molecule has 0 atom stereocenters. The topological polar surface area (TPSA) is 81.8 Å². The van der Waals surface area contributed by atoms with Gasteiger partial charge in [0.25, 0.3) is 0 Å². The van der Waals surface area contributed by atoms with Gasteiger partial charge in [0.15, 0.2) is 17.5 Å². The van der Waals surface area contributed by atoms with Crippen molar-refractivity contribution in [2.24, 2.45) is 10.7 Å². The minimum Gasteiger partial charge on any atom is -0.493 e.